The van der Waals surface area contributed by atoms with Gasteiger partial charge in [0.25, 0.3) is 5.91 Å². The summed E-state index contributed by atoms with van der Waals surface area (Å²) >= 11 is 3.46. The quantitative estimate of drug-likeness (QED) is 0.331. The first-order chi connectivity index (χ1) is 11.8. The Labute approximate surface area is 156 Å². The minimum atomic E-state index is -1.11. The van der Waals surface area contributed by atoms with Crippen molar-refractivity contribution in [3.05, 3.63) is 46.1 Å². The smallest absolute Gasteiger partial charge is 0.326 e. The van der Waals surface area contributed by atoms with Gasteiger partial charge in [0, 0.05) is 17.2 Å². The summed E-state index contributed by atoms with van der Waals surface area (Å²) in [6.07, 6.45) is 2.33. The van der Waals surface area contributed by atoms with E-state index in [-0.39, 0.29) is 11.5 Å². The molecule has 0 spiro atoms. The van der Waals surface area contributed by atoms with Crippen LogP contribution in [0.2, 0.25) is 0 Å². The summed E-state index contributed by atoms with van der Waals surface area (Å²) in [7, 11) is 0. The van der Waals surface area contributed by atoms with E-state index in [1.54, 1.807) is 6.07 Å². The first-order valence-corrected chi connectivity index (χ1v) is 8.75. The van der Waals surface area contributed by atoms with Crippen molar-refractivity contribution in [1.29, 1.82) is 5.26 Å². The number of rotatable bonds is 9. The molecule has 0 saturated heterocycles. The number of carbonyl (C=O) groups excluding carboxylic acids is 1. The van der Waals surface area contributed by atoms with Crippen LogP contribution in [0.15, 0.2) is 40.5 Å². The van der Waals surface area contributed by atoms with E-state index in [1.807, 2.05) is 38.1 Å². The second kappa shape index (κ2) is 10.5. The van der Waals surface area contributed by atoms with Gasteiger partial charge < -0.3 is 15.7 Å². The highest BCUT2D eigenvalue weighted by atomic mass is 79.9. The fraction of sp³-hybridized carbons (Fsp3) is 0.389. The summed E-state index contributed by atoms with van der Waals surface area (Å²) in [4.78, 5) is 23.3. The van der Waals surface area contributed by atoms with Crippen LogP contribution < -0.4 is 10.6 Å². The molecule has 0 aliphatic heterocycles. The van der Waals surface area contributed by atoms with Crippen LogP contribution in [0.25, 0.3) is 0 Å². The van der Waals surface area contributed by atoms with Crippen molar-refractivity contribution >= 4 is 27.8 Å². The molecule has 6 nitrogen and oxygen atoms in total. The summed E-state index contributed by atoms with van der Waals surface area (Å²) in [5, 5.41) is 23.6. The van der Waals surface area contributed by atoms with E-state index in [4.69, 9.17) is 10.4 Å². The number of carbonyl (C=O) groups is 2. The first kappa shape index (κ1) is 20.7. The Balaban J connectivity index is 2.60. The molecule has 1 rings (SSSR count). The van der Waals surface area contributed by atoms with E-state index >= 15 is 0 Å². The van der Waals surface area contributed by atoms with Gasteiger partial charge in [-0.2, -0.15) is 5.26 Å². The zero-order valence-corrected chi connectivity index (χ0v) is 15.8. The molecule has 25 heavy (non-hydrogen) atoms. The number of nitrogens with one attached hydrogen (secondary N) is 2. The lowest BCUT2D eigenvalue weighted by molar-refractivity contribution is -0.141. The maximum atomic E-state index is 12.1. The Morgan fingerprint density at radius 2 is 2.04 bits per heavy atom. The van der Waals surface area contributed by atoms with Crippen molar-refractivity contribution < 1.29 is 14.7 Å². The molecule has 0 saturated carbocycles. The van der Waals surface area contributed by atoms with Crippen LogP contribution in [0.3, 0.4) is 0 Å². The fourth-order valence-electron chi connectivity index (χ4n) is 2.16. The monoisotopic (exact) mass is 407 g/mol. The summed E-state index contributed by atoms with van der Waals surface area (Å²) in [6.45, 7) is 4.27. The van der Waals surface area contributed by atoms with Gasteiger partial charge in [-0.3, -0.25) is 4.79 Å². The first-order valence-electron chi connectivity index (χ1n) is 7.95. The van der Waals surface area contributed by atoms with Crippen molar-refractivity contribution in [1.82, 2.24) is 10.6 Å². The van der Waals surface area contributed by atoms with Crippen LogP contribution in [0, 0.1) is 17.2 Å². The Bertz CT molecular complexity index is 680. The largest absolute Gasteiger partial charge is 0.480 e. The second-order valence-electron chi connectivity index (χ2n) is 5.96. The number of benzene rings is 1. The molecule has 0 fully saturated rings. The van der Waals surface area contributed by atoms with Gasteiger partial charge in [0.05, 0.1) is 0 Å². The summed E-state index contributed by atoms with van der Waals surface area (Å²) in [6, 6.07) is 8.57. The van der Waals surface area contributed by atoms with E-state index in [1.165, 1.54) is 6.20 Å². The van der Waals surface area contributed by atoms with Gasteiger partial charge in [-0.25, -0.2) is 4.79 Å². The van der Waals surface area contributed by atoms with Gasteiger partial charge >= 0.3 is 5.97 Å². The van der Waals surface area contributed by atoms with E-state index in [9.17, 15) is 9.59 Å². The number of amides is 1. The molecule has 1 unspecified atom stereocenters. The Hall–Kier alpha value is -2.33. The summed E-state index contributed by atoms with van der Waals surface area (Å²) in [5.41, 5.74) is 0.955. The minimum Gasteiger partial charge on any atom is -0.480 e. The number of nitriles is 1. The number of carboxylic acid groups (broad SMARTS) is 1. The predicted octanol–water partition coefficient (Wildman–Crippen LogP) is 2.60. The normalized spacial score (nSPS) is 12.4. The Morgan fingerprint density at radius 1 is 1.36 bits per heavy atom. The summed E-state index contributed by atoms with van der Waals surface area (Å²) < 4.78 is 0.997. The maximum absolute atomic E-state index is 12.1. The third kappa shape index (κ3) is 7.40. The number of halogens is 1. The van der Waals surface area contributed by atoms with Gasteiger partial charge in [-0.05, 0) is 30.4 Å². The Kier molecular flexibility index (Phi) is 8.71. The number of hydrogen-bond acceptors (Lipinski definition) is 4. The highest BCUT2D eigenvalue weighted by Gasteiger charge is 2.22. The lowest BCUT2D eigenvalue weighted by atomic mass is 10.0. The topological polar surface area (TPSA) is 102 Å². The average Bonchev–Trinajstić information content (AvgIpc) is 2.55. The van der Waals surface area contributed by atoms with Crippen LogP contribution in [-0.4, -0.2) is 29.6 Å². The molecule has 1 amide bonds. The highest BCUT2D eigenvalue weighted by molar-refractivity contribution is 9.10. The number of aliphatic carboxylic acids is 1. The lowest BCUT2D eigenvalue weighted by Crippen LogP contribution is -2.42. The Morgan fingerprint density at radius 3 is 2.60 bits per heavy atom. The summed E-state index contributed by atoms with van der Waals surface area (Å²) in [5.74, 6) is -1.69. The molecule has 1 aromatic rings. The van der Waals surface area contributed by atoms with Crippen LogP contribution in [0.1, 0.15) is 25.8 Å². The molecule has 0 heterocycles. The SMILES string of the molecule is CC(C)CC(NC(=O)/C(C#N)=C\NCCc1ccccc1Br)C(=O)O. The molecule has 0 aliphatic rings. The maximum Gasteiger partial charge on any atom is 0.326 e. The van der Waals surface area contributed by atoms with Crippen molar-refractivity contribution in [2.24, 2.45) is 5.92 Å². The lowest BCUT2D eigenvalue weighted by Gasteiger charge is -2.16. The van der Waals surface area contributed by atoms with Crippen LogP contribution in [0.4, 0.5) is 0 Å². The second-order valence-corrected chi connectivity index (χ2v) is 6.81. The van der Waals surface area contributed by atoms with E-state index in [0.717, 1.165) is 10.0 Å². The van der Waals surface area contributed by atoms with Crippen LogP contribution in [0.5, 0.6) is 0 Å². The highest BCUT2D eigenvalue weighted by Crippen LogP contribution is 2.15. The van der Waals surface area contributed by atoms with Crippen molar-refractivity contribution in [2.75, 3.05) is 6.54 Å². The van der Waals surface area contributed by atoms with Gasteiger partial charge in [0.15, 0.2) is 0 Å². The molecule has 0 aliphatic carbocycles. The molecule has 0 aromatic heterocycles. The zero-order chi connectivity index (χ0) is 18.8. The molecule has 7 heteroatoms. The van der Waals surface area contributed by atoms with Gasteiger partial charge in [-0.1, -0.05) is 48.0 Å². The molecule has 1 atom stereocenters. The standard InChI is InChI=1S/C18H22BrN3O3/c1-12(2)9-16(18(24)25)22-17(23)14(10-20)11-21-8-7-13-5-3-4-6-15(13)19/h3-6,11-12,16,21H,7-9H2,1-2H3,(H,22,23)(H,24,25)/b14-11-. The van der Waals surface area contributed by atoms with E-state index in [0.29, 0.717) is 19.4 Å². The van der Waals surface area contributed by atoms with E-state index in [2.05, 4.69) is 26.6 Å². The van der Waals surface area contributed by atoms with Crippen LogP contribution >= 0.6 is 15.9 Å². The third-order valence-corrected chi connectivity index (χ3v) is 4.19. The number of nitrogens with zero attached hydrogens (tertiary/aromatic N) is 1. The zero-order valence-electron chi connectivity index (χ0n) is 14.3. The van der Waals surface area contributed by atoms with Crippen molar-refractivity contribution in [2.45, 2.75) is 32.7 Å². The molecule has 3 N–H and O–H groups in total. The van der Waals surface area contributed by atoms with Crippen molar-refractivity contribution in [3.8, 4) is 6.07 Å². The van der Waals surface area contributed by atoms with Gasteiger partial charge in [-0.15, -0.1) is 0 Å². The molecule has 1 aromatic carbocycles. The van der Waals surface area contributed by atoms with Gasteiger partial charge in [0.1, 0.15) is 17.7 Å². The molecule has 134 valence electrons. The van der Waals surface area contributed by atoms with Crippen LogP contribution in [-0.2, 0) is 16.0 Å². The number of carboxylic acids is 1. The van der Waals surface area contributed by atoms with E-state index < -0.39 is 17.9 Å². The fourth-order valence-corrected chi connectivity index (χ4v) is 2.64. The predicted molar refractivity (Wildman–Crippen MR) is 98.6 cm³/mol. The average molecular weight is 408 g/mol. The molecular weight excluding hydrogens is 386 g/mol. The molecule has 0 bridgehead atoms. The van der Waals surface area contributed by atoms with Gasteiger partial charge in [0.2, 0.25) is 0 Å². The molecular formula is C18H22BrN3O3. The minimum absolute atomic E-state index is 0.110. The van der Waals surface area contributed by atoms with Crippen molar-refractivity contribution in [3.63, 3.8) is 0 Å². The third-order valence-electron chi connectivity index (χ3n) is 3.42. The molecule has 0 radical (unpaired) electrons. The number of hydrogen-bond donors (Lipinski definition) is 3.